The second kappa shape index (κ2) is 7.11. The topological polar surface area (TPSA) is 73.7 Å². The number of hydrogen-bond acceptors (Lipinski definition) is 5. The van der Waals surface area contributed by atoms with E-state index in [1.54, 1.807) is 6.92 Å². The zero-order valence-corrected chi connectivity index (χ0v) is 12.2. The monoisotopic (exact) mass is 305 g/mol. The SMILES string of the molecule is CON(C(=O)c1cn(C)nc1C(F)F)C(C)COC(C)=O. The highest BCUT2D eigenvalue weighted by Crippen LogP contribution is 2.23. The fourth-order valence-electron chi connectivity index (χ4n) is 1.72. The van der Waals surface area contributed by atoms with Crippen LogP contribution in [-0.4, -0.2) is 46.5 Å². The van der Waals surface area contributed by atoms with E-state index in [9.17, 15) is 18.4 Å². The first-order valence-electron chi connectivity index (χ1n) is 6.10. The van der Waals surface area contributed by atoms with Crippen molar-refractivity contribution in [1.29, 1.82) is 0 Å². The molecular formula is C12H17F2N3O4. The summed E-state index contributed by atoms with van der Waals surface area (Å²) in [4.78, 5) is 28.0. The highest BCUT2D eigenvalue weighted by Gasteiger charge is 2.29. The van der Waals surface area contributed by atoms with E-state index in [0.29, 0.717) is 0 Å². The molecule has 0 radical (unpaired) electrons. The minimum Gasteiger partial charge on any atom is -0.464 e. The maximum atomic E-state index is 12.9. The van der Waals surface area contributed by atoms with Gasteiger partial charge in [0.2, 0.25) is 0 Å². The highest BCUT2D eigenvalue weighted by molar-refractivity contribution is 5.94. The van der Waals surface area contributed by atoms with E-state index in [1.807, 2.05) is 0 Å². The van der Waals surface area contributed by atoms with Gasteiger partial charge in [0.25, 0.3) is 12.3 Å². The number of nitrogens with zero attached hydrogens (tertiary/aromatic N) is 3. The Morgan fingerprint density at radius 2 is 2.10 bits per heavy atom. The van der Waals surface area contributed by atoms with Crippen LogP contribution < -0.4 is 0 Å². The lowest BCUT2D eigenvalue weighted by molar-refractivity contribution is -0.154. The summed E-state index contributed by atoms with van der Waals surface area (Å²) in [6.07, 6.45) is -1.69. The quantitative estimate of drug-likeness (QED) is 0.585. The number of carbonyl (C=O) groups is 2. The summed E-state index contributed by atoms with van der Waals surface area (Å²) < 4.78 is 31.6. The molecule has 118 valence electrons. The summed E-state index contributed by atoms with van der Waals surface area (Å²) in [5, 5.41) is 4.43. The number of amides is 1. The zero-order valence-electron chi connectivity index (χ0n) is 12.2. The van der Waals surface area contributed by atoms with E-state index in [2.05, 4.69) is 5.10 Å². The van der Waals surface area contributed by atoms with Gasteiger partial charge in [0.05, 0.1) is 18.7 Å². The predicted molar refractivity (Wildman–Crippen MR) is 67.4 cm³/mol. The van der Waals surface area contributed by atoms with Gasteiger partial charge >= 0.3 is 5.97 Å². The number of ether oxygens (including phenoxy) is 1. The molecule has 1 amide bonds. The molecule has 7 nitrogen and oxygen atoms in total. The molecule has 1 atom stereocenters. The molecule has 1 unspecified atom stereocenters. The number of rotatable bonds is 6. The van der Waals surface area contributed by atoms with E-state index in [-0.39, 0.29) is 12.2 Å². The number of hydroxylamine groups is 2. The number of esters is 1. The number of carbonyl (C=O) groups excluding carboxylic acids is 2. The van der Waals surface area contributed by atoms with Crippen LogP contribution in [-0.2, 0) is 21.4 Å². The molecule has 0 saturated carbocycles. The van der Waals surface area contributed by atoms with Crippen molar-refractivity contribution in [2.75, 3.05) is 13.7 Å². The van der Waals surface area contributed by atoms with E-state index in [0.717, 1.165) is 9.75 Å². The first kappa shape index (κ1) is 17.0. The molecule has 0 saturated heterocycles. The van der Waals surface area contributed by atoms with Crippen LogP contribution in [0.15, 0.2) is 6.20 Å². The van der Waals surface area contributed by atoms with Gasteiger partial charge in [0.15, 0.2) is 0 Å². The fraction of sp³-hybridized carbons (Fsp3) is 0.583. The number of alkyl halides is 2. The molecule has 0 bridgehead atoms. The lowest BCUT2D eigenvalue weighted by Crippen LogP contribution is -2.41. The average Bonchev–Trinajstić information content (AvgIpc) is 2.79. The minimum absolute atomic E-state index is 0.112. The van der Waals surface area contributed by atoms with Crippen LogP contribution in [0.1, 0.15) is 36.3 Å². The maximum Gasteiger partial charge on any atom is 0.302 e. The summed E-state index contributed by atoms with van der Waals surface area (Å²) in [7, 11) is 2.66. The first-order valence-corrected chi connectivity index (χ1v) is 6.10. The van der Waals surface area contributed by atoms with Gasteiger partial charge in [0.1, 0.15) is 12.3 Å². The van der Waals surface area contributed by atoms with E-state index < -0.39 is 30.0 Å². The molecule has 0 aliphatic rings. The van der Waals surface area contributed by atoms with Gasteiger partial charge < -0.3 is 4.74 Å². The normalized spacial score (nSPS) is 12.3. The van der Waals surface area contributed by atoms with Crippen LogP contribution in [0.2, 0.25) is 0 Å². The van der Waals surface area contributed by atoms with Crippen LogP contribution in [0.3, 0.4) is 0 Å². The van der Waals surface area contributed by atoms with Crippen molar-refractivity contribution < 1.29 is 27.9 Å². The Morgan fingerprint density at radius 1 is 1.48 bits per heavy atom. The molecule has 0 aliphatic heterocycles. The van der Waals surface area contributed by atoms with E-state index in [4.69, 9.17) is 9.57 Å². The van der Waals surface area contributed by atoms with Crippen molar-refractivity contribution >= 4 is 11.9 Å². The Hall–Kier alpha value is -2.03. The Kier molecular flexibility index (Phi) is 5.77. The van der Waals surface area contributed by atoms with Crippen LogP contribution in [0.25, 0.3) is 0 Å². The van der Waals surface area contributed by atoms with Crippen LogP contribution in [0.4, 0.5) is 8.78 Å². The van der Waals surface area contributed by atoms with Gasteiger partial charge in [0, 0.05) is 20.2 Å². The standard InChI is InChI=1S/C12H17F2N3O4/c1-7(6-21-8(2)18)17(20-4)12(19)9-5-16(3)15-10(9)11(13)14/h5,7,11H,6H2,1-4H3. The van der Waals surface area contributed by atoms with Crippen molar-refractivity contribution in [3.8, 4) is 0 Å². The van der Waals surface area contributed by atoms with Crippen molar-refractivity contribution in [1.82, 2.24) is 14.8 Å². The van der Waals surface area contributed by atoms with Gasteiger partial charge in [-0.15, -0.1) is 0 Å². The molecule has 1 aromatic heterocycles. The molecule has 1 rings (SSSR count). The van der Waals surface area contributed by atoms with Gasteiger partial charge in [-0.3, -0.25) is 19.1 Å². The number of halogens is 2. The molecule has 0 aromatic carbocycles. The molecule has 0 spiro atoms. The third-order valence-corrected chi connectivity index (χ3v) is 2.62. The van der Waals surface area contributed by atoms with Crippen molar-refractivity contribution in [2.45, 2.75) is 26.3 Å². The molecule has 0 fully saturated rings. The molecule has 1 aromatic rings. The Balaban J connectivity index is 2.95. The lowest BCUT2D eigenvalue weighted by Gasteiger charge is -2.25. The van der Waals surface area contributed by atoms with Crippen LogP contribution in [0, 0.1) is 0 Å². The van der Waals surface area contributed by atoms with Crippen molar-refractivity contribution in [3.63, 3.8) is 0 Å². The fourth-order valence-corrected chi connectivity index (χ4v) is 1.72. The zero-order chi connectivity index (χ0) is 16.2. The average molecular weight is 305 g/mol. The summed E-state index contributed by atoms with van der Waals surface area (Å²) in [5.41, 5.74) is -0.881. The summed E-state index contributed by atoms with van der Waals surface area (Å²) >= 11 is 0. The van der Waals surface area contributed by atoms with Gasteiger partial charge in [-0.1, -0.05) is 0 Å². The summed E-state index contributed by atoms with van der Waals surface area (Å²) in [6.45, 7) is 2.67. The molecule has 9 heteroatoms. The molecule has 21 heavy (non-hydrogen) atoms. The molecule has 0 N–H and O–H groups in total. The Bertz CT molecular complexity index is 519. The first-order chi connectivity index (χ1) is 9.77. The second-order valence-electron chi connectivity index (χ2n) is 4.37. The van der Waals surface area contributed by atoms with Crippen molar-refractivity contribution in [2.24, 2.45) is 7.05 Å². The Morgan fingerprint density at radius 3 is 2.57 bits per heavy atom. The smallest absolute Gasteiger partial charge is 0.302 e. The van der Waals surface area contributed by atoms with E-state index >= 15 is 0 Å². The maximum absolute atomic E-state index is 12.9. The predicted octanol–water partition coefficient (Wildman–Crippen LogP) is 1.31. The van der Waals surface area contributed by atoms with E-state index in [1.165, 1.54) is 27.3 Å². The Labute approximate surface area is 120 Å². The van der Waals surface area contributed by atoms with Gasteiger partial charge in [-0.25, -0.2) is 13.8 Å². The molecular weight excluding hydrogens is 288 g/mol. The molecule has 0 aliphatic carbocycles. The third-order valence-electron chi connectivity index (χ3n) is 2.62. The minimum atomic E-state index is -2.88. The van der Waals surface area contributed by atoms with Crippen molar-refractivity contribution in [3.05, 3.63) is 17.5 Å². The third kappa shape index (κ3) is 4.22. The summed E-state index contributed by atoms with van der Waals surface area (Å²) in [5.74, 6) is -1.29. The highest BCUT2D eigenvalue weighted by atomic mass is 19.3. The van der Waals surface area contributed by atoms with Crippen LogP contribution >= 0.6 is 0 Å². The molecule has 1 heterocycles. The number of aryl methyl sites for hydroxylation is 1. The number of hydrogen-bond donors (Lipinski definition) is 0. The van der Waals surface area contributed by atoms with Gasteiger partial charge in [-0.05, 0) is 6.92 Å². The summed E-state index contributed by atoms with van der Waals surface area (Å²) in [6, 6.07) is -0.642. The van der Waals surface area contributed by atoms with Crippen LogP contribution in [0.5, 0.6) is 0 Å². The largest absolute Gasteiger partial charge is 0.464 e. The lowest BCUT2D eigenvalue weighted by atomic mass is 10.2. The second-order valence-corrected chi connectivity index (χ2v) is 4.37. The number of aromatic nitrogens is 2. The van der Waals surface area contributed by atoms with Gasteiger partial charge in [-0.2, -0.15) is 5.10 Å².